The van der Waals surface area contributed by atoms with Crippen molar-refractivity contribution in [2.45, 2.75) is 99.3 Å². The summed E-state index contributed by atoms with van der Waals surface area (Å²) in [7, 11) is -0.458. The van der Waals surface area contributed by atoms with Gasteiger partial charge in [-0.05, 0) is 73.9 Å². The highest BCUT2D eigenvalue weighted by atomic mass is 32.3. The maximum absolute atomic E-state index is 10.5. The summed E-state index contributed by atoms with van der Waals surface area (Å²) in [5, 5.41) is 11.5. The van der Waals surface area contributed by atoms with Gasteiger partial charge in [0, 0.05) is 14.7 Å². The third kappa shape index (κ3) is 1.74. The Morgan fingerprint density at radius 1 is 1.16 bits per heavy atom. The van der Waals surface area contributed by atoms with Crippen LogP contribution in [0.1, 0.15) is 72.1 Å². The van der Waals surface area contributed by atoms with Gasteiger partial charge in [-0.1, -0.05) is 33.5 Å². The number of aliphatic hydroxyl groups is 1. The van der Waals surface area contributed by atoms with Gasteiger partial charge in [-0.15, -0.1) is 0 Å². The molecule has 7 unspecified atom stereocenters. The lowest BCUT2D eigenvalue weighted by Gasteiger charge is -2.55. The van der Waals surface area contributed by atoms with E-state index in [1.807, 2.05) is 0 Å². The van der Waals surface area contributed by atoms with Gasteiger partial charge in [0.25, 0.3) is 0 Å². The molecule has 2 saturated carbocycles. The van der Waals surface area contributed by atoms with E-state index in [-0.39, 0.29) is 6.10 Å². The molecule has 3 saturated heterocycles. The Morgan fingerprint density at radius 3 is 2.68 bits per heavy atom. The summed E-state index contributed by atoms with van der Waals surface area (Å²) >= 11 is 4.62. The molecule has 3 heterocycles. The molecule has 142 valence electrons. The van der Waals surface area contributed by atoms with Crippen LogP contribution in [-0.2, 0) is 0 Å². The molecule has 3 aliphatic heterocycles. The van der Waals surface area contributed by atoms with E-state index >= 15 is 0 Å². The lowest BCUT2D eigenvalue weighted by molar-refractivity contribution is -0.0503. The predicted octanol–water partition coefficient (Wildman–Crippen LogP) is 4.78. The Hall–Kier alpha value is 0.725. The molecule has 4 heteroatoms. The van der Waals surface area contributed by atoms with E-state index in [9.17, 15) is 5.11 Å². The molecule has 25 heavy (non-hydrogen) atoms. The molecule has 0 aromatic rings. The predicted molar refractivity (Wildman–Crippen MR) is 116 cm³/mol. The molecule has 1 N–H and O–H groups in total. The van der Waals surface area contributed by atoms with Crippen LogP contribution < -0.4 is 0 Å². The molecule has 9 atom stereocenters. The molecule has 0 amide bonds. The summed E-state index contributed by atoms with van der Waals surface area (Å²) in [6.45, 7) is 8.94. The zero-order chi connectivity index (χ0) is 17.7. The fourth-order valence-electron chi connectivity index (χ4n) is 9.42. The SMILES string of the molecule is CC[C@H]1CC2C3(CCC4(C)C(CBS)CCS243)C2(C)CC[C@@H](O)CC12. The topological polar surface area (TPSA) is 20.2 Å². The van der Waals surface area contributed by atoms with Gasteiger partial charge < -0.3 is 5.11 Å². The van der Waals surface area contributed by atoms with Crippen LogP contribution in [0.25, 0.3) is 0 Å². The molecule has 5 fully saturated rings. The Bertz CT molecular complexity index is 586. The van der Waals surface area contributed by atoms with Crippen molar-refractivity contribution in [1.82, 2.24) is 0 Å². The van der Waals surface area contributed by atoms with E-state index in [0.29, 0.717) is 10.2 Å². The fourth-order valence-corrected chi connectivity index (χ4v) is 18.3. The van der Waals surface area contributed by atoms with Crippen LogP contribution in [0, 0.1) is 23.2 Å². The number of rotatable bonds is 3. The standard InChI is InChI=1S/C21H37BOS2/c1-4-14-11-18-21(19(2)7-5-16(23)12-17(14)19)9-8-20(3)15(13-22-24)6-10-25(18,20)21/h14-18,22-24H,4-13H2,1-3H3/t14-,15?,16+,17?,18?,19?,20?,21?/m0/s1. The van der Waals surface area contributed by atoms with Gasteiger partial charge in [0.2, 0.25) is 0 Å². The van der Waals surface area contributed by atoms with Crippen molar-refractivity contribution in [3.8, 4) is 0 Å². The highest BCUT2D eigenvalue weighted by Gasteiger charge is 2.89. The van der Waals surface area contributed by atoms with Gasteiger partial charge in [0.05, 0.1) is 6.10 Å². The molecule has 5 rings (SSSR count). The third-order valence-corrected chi connectivity index (χ3v) is 17.4. The Kier molecular flexibility index (Phi) is 3.85. The van der Waals surface area contributed by atoms with Crippen LogP contribution in [0.5, 0.6) is 0 Å². The van der Waals surface area contributed by atoms with Crippen LogP contribution in [0.2, 0.25) is 6.32 Å². The average Bonchev–Trinajstić information content (AvgIpc) is 2.93. The van der Waals surface area contributed by atoms with Crippen LogP contribution in [0.4, 0.5) is 0 Å². The van der Waals surface area contributed by atoms with Crippen LogP contribution >= 0.6 is 22.5 Å². The van der Waals surface area contributed by atoms with Gasteiger partial charge in [0.1, 0.15) is 0 Å². The van der Waals surface area contributed by atoms with Crippen LogP contribution in [-0.4, -0.2) is 38.3 Å². The van der Waals surface area contributed by atoms with Crippen molar-refractivity contribution in [1.29, 1.82) is 0 Å². The number of fused-ring (bicyclic) bond motifs is 1. The van der Waals surface area contributed by atoms with Crippen LogP contribution in [0.15, 0.2) is 0 Å². The van der Waals surface area contributed by atoms with Crippen molar-refractivity contribution in [3.63, 3.8) is 0 Å². The minimum absolute atomic E-state index is 0.0157. The van der Waals surface area contributed by atoms with Crippen molar-refractivity contribution in [2.75, 3.05) is 5.75 Å². The first kappa shape index (κ1) is 17.8. The smallest absolute Gasteiger partial charge is 0.187 e. The third-order valence-electron chi connectivity index (χ3n) is 10.5. The lowest BCUT2D eigenvalue weighted by atomic mass is 9.50. The molecule has 0 bridgehead atoms. The van der Waals surface area contributed by atoms with Crippen LogP contribution in [0.3, 0.4) is 0 Å². The molecule has 0 aromatic heterocycles. The first-order chi connectivity index (χ1) is 11.9. The summed E-state index contributed by atoms with van der Waals surface area (Å²) in [5.74, 6) is 4.24. The zero-order valence-corrected chi connectivity index (χ0v) is 18.2. The molecule has 1 nitrogen and oxygen atoms in total. The second-order valence-electron chi connectivity index (χ2n) is 10.5. The molecule has 2 aliphatic carbocycles. The highest BCUT2D eigenvalue weighted by Crippen LogP contribution is 3.03. The number of aliphatic hydroxyl groups excluding tert-OH is 1. The molecule has 0 radical (unpaired) electrons. The molecule has 2 spiro atoms. The fraction of sp³-hybridized carbons (Fsp3) is 1.00. The molecule has 5 aliphatic rings. The van der Waals surface area contributed by atoms with E-state index in [1.165, 1.54) is 44.8 Å². The van der Waals surface area contributed by atoms with Gasteiger partial charge in [0.15, 0.2) is 6.56 Å². The number of hydrogen-bond donors (Lipinski definition) is 2. The quantitative estimate of drug-likeness (QED) is 0.410. The van der Waals surface area contributed by atoms with Crippen molar-refractivity contribution in [2.24, 2.45) is 23.2 Å². The first-order valence-electron chi connectivity index (χ1n) is 11.0. The van der Waals surface area contributed by atoms with Crippen molar-refractivity contribution in [3.05, 3.63) is 0 Å². The maximum atomic E-state index is 10.5. The summed E-state index contributed by atoms with van der Waals surface area (Å²) in [4.78, 5) is 0. The van der Waals surface area contributed by atoms with Gasteiger partial charge >= 0.3 is 0 Å². The second-order valence-corrected chi connectivity index (χ2v) is 15.2. The maximum Gasteiger partial charge on any atom is 0.187 e. The average molecular weight is 380 g/mol. The van der Waals surface area contributed by atoms with E-state index in [4.69, 9.17) is 0 Å². The Balaban J connectivity index is 1.59. The number of hydrogen-bond acceptors (Lipinski definition) is 2. The van der Waals surface area contributed by atoms with Crippen molar-refractivity contribution < 1.29 is 5.11 Å². The molecular formula is C21H37BOS2. The summed E-state index contributed by atoms with van der Waals surface area (Å²) in [6.07, 6.45) is 12.2. The van der Waals surface area contributed by atoms with E-state index in [2.05, 4.69) is 33.3 Å². The number of thiol groups is 1. The summed E-state index contributed by atoms with van der Waals surface area (Å²) in [5.41, 5.74) is 0.540. The first-order valence-corrected chi connectivity index (χ1v) is 13.5. The second kappa shape index (κ2) is 5.41. The Morgan fingerprint density at radius 2 is 1.96 bits per heavy atom. The minimum Gasteiger partial charge on any atom is -0.393 e. The normalized spacial score (nSPS) is 64.4. The monoisotopic (exact) mass is 380 g/mol. The van der Waals surface area contributed by atoms with Crippen molar-refractivity contribution >= 4 is 29.1 Å². The summed E-state index contributed by atoms with van der Waals surface area (Å²) < 4.78 is 1.39. The van der Waals surface area contributed by atoms with E-state index < -0.39 is 10.0 Å². The zero-order valence-electron chi connectivity index (χ0n) is 16.5. The van der Waals surface area contributed by atoms with Gasteiger partial charge in [-0.2, -0.15) is 0 Å². The van der Waals surface area contributed by atoms with Gasteiger partial charge in [-0.25, -0.2) is 22.5 Å². The van der Waals surface area contributed by atoms with E-state index in [1.54, 1.807) is 5.75 Å². The van der Waals surface area contributed by atoms with Gasteiger partial charge in [-0.3, -0.25) is 0 Å². The highest BCUT2D eigenvalue weighted by molar-refractivity contribution is 8.42. The molecule has 0 aromatic carbocycles. The van der Waals surface area contributed by atoms with E-state index in [0.717, 1.165) is 47.2 Å². The molecular weight excluding hydrogens is 343 g/mol. The largest absolute Gasteiger partial charge is 0.393 e. The lowest BCUT2D eigenvalue weighted by Crippen LogP contribution is -2.53. The Labute approximate surface area is 162 Å². The summed E-state index contributed by atoms with van der Waals surface area (Å²) in [6, 6.07) is 0. The minimum atomic E-state index is -0.458.